The molecular formula is C20H18ClN5O. The van der Waals surface area contributed by atoms with E-state index >= 15 is 0 Å². The van der Waals surface area contributed by atoms with Crippen molar-refractivity contribution >= 4 is 34.1 Å². The number of nitrogens with two attached hydrogens (primary N) is 1. The maximum Gasteiger partial charge on any atom is 0.256 e. The van der Waals surface area contributed by atoms with Gasteiger partial charge in [0.2, 0.25) is 0 Å². The van der Waals surface area contributed by atoms with Crippen LogP contribution in [0.15, 0.2) is 36.5 Å². The largest absolute Gasteiger partial charge is 0.398 e. The summed E-state index contributed by atoms with van der Waals surface area (Å²) in [7, 11) is 1.90. The zero-order valence-corrected chi connectivity index (χ0v) is 15.6. The topological polar surface area (TPSA) is 87.9 Å². The maximum atomic E-state index is 12.9. The molecule has 2 aromatic carbocycles. The van der Waals surface area contributed by atoms with E-state index in [0.717, 1.165) is 27.6 Å². The molecule has 1 amide bonds. The number of carbonyl (C=O) groups is 1. The molecule has 1 unspecified atom stereocenters. The number of benzene rings is 2. The molecule has 3 aromatic rings. The van der Waals surface area contributed by atoms with Gasteiger partial charge >= 0.3 is 0 Å². The summed E-state index contributed by atoms with van der Waals surface area (Å²) in [6.07, 6.45) is 1.83. The van der Waals surface area contributed by atoms with Crippen molar-refractivity contribution < 1.29 is 4.79 Å². The Morgan fingerprint density at radius 3 is 2.93 bits per heavy atom. The summed E-state index contributed by atoms with van der Waals surface area (Å²) >= 11 is 5.83. The number of aromatic nitrogens is 2. The number of nitrogen functional groups attached to an aromatic ring is 1. The highest BCUT2D eigenvalue weighted by Gasteiger charge is 2.33. The van der Waals surface area contributed by atoms with Gasteiger partial charge in [0, 0.05) is 37.1 Å². The molecule has 0 saturated heterocycles. The Hall–Kier alpha value is -3.04. The van der Waals surface area contributed by atoms with Gasteiger partial charge in [-0.1, -0.05) is 18.2 Å². The van der Waals surface area contributed by atoms with E-state index < -0.39 is 5.92 Å². The van der Waals surface area contributed by atoms with Gasteiger partial charge in [0.15, 0.2) is 0 Å². The molecule has 7 heteroatoms. The second-order valence-corrected chi connectivity index (χ2v) is 7.07. The Balaban J connectivity index is 1.79. The van der Waals surface area contributed by atoms with Gasteiger partial charge in [-0.2, -0.15) is 10.4 Å². The fraction of sp³-hybridized carbons (Fsp3) is 0.250. The smallest absolute Gasteiger partial charge is 0.256 e. The predicted octanol–water partition coefficient (Wildman–Crippen LogP) is 3.16. The molecule has 136 valence electrons. The first kappa shape index (κ1) is 17.4. The Bertz CT molecular complexity index is 1100. The quantitative estimate of drug-likeness (QED) is 0.557. The molecule has 1 aromatic heterocycles. The molecule has 2 heterocycles. The third-order valence-corrected chi connectivity index (χ3v) is 5.44. The van der Waals surface area contributed by atoms with Gasteiger partial charge in [-0.25, -0.2) is 0 Å². The minimum Gasteiger partial charge on any atom is -0.398 e. The highest BCUT2D eigenvalue weighted by Crippen LogP contribution is 2.37. The lowest BCUT2D eigenvalue weighted by atomic mass is 9.95. The fourth-order valence-electron chi connectivity index (χ4n) is 3.62. The highest BCUT2D eigenvalue weighted by atomic mass is 35.5. The van der Waals surface area contributed by atoms with Crippen LogP contribution in [0.5, 0.6) is 0 Å². The average molecular weight is 380 g/mol. The number of anilines is 1. The molecule has 6 nitrogen and oxygen atoms in total. The van der Waals surface area contributed by atoms with Gasteiger partial charge in [0.05, 0.1) is 29.3 Å². The van der Waals surface area contributed by atoms with Gasteiger partial charge in [0.1, 0.15) is 0 Å². The molecule has 0 fully saturated rings. The van der Waals surface area contributed by atoms with E-state index in [1.54, 1.807) is 11.0 Å². The third kappa shape index (κ3) is 2.81. The third-order valence-electron chi connectivity index (χ3n) is 5.06. The van der Waals surface area contributed by atoms with Crippen molar-refractivity contribution in [2.45, 2.75) is 6.54 Å². The summed E-state index contributed by atoms with van der Waals surface area (Å²) in [5.74, 6) is -0.354. The molecule has 0 saturated carbocycles. The first-order chi connectivity index (χ1) is 13.0. The van der Waals surface area contributed by atoms with E-state index in [1.807, 2.05) is 36.1 Å². The lowest BCUT2D eigenvalue weighted by molar-refractivity contribution is 0.0768. The van der Waals surface area contributed by atoms with Crippen molar-refractivity contribution in [1.82, 2.24) is 14.7 Å². The van der Waals surface area contributed by atoms with Crippen LogP contribution in [0.3, 0.4) is 0 Å². The molecule has 0 aliphatic carbocycles. The Morgan fingerprint density at radius 1 is 1.37 bits per heavy atom. The summed E-state index contributed by atoms with van der Waals surface area (Å²) in [6.45, 7) is 0.722. The number of rotatable bonds is 4. The Labute approximate surface area is 161 Å². The van der Waals surface area contributed by atoms with E-state index in [4.69, 9.17) is 17.3 Å². The SMILES string of the molecule is Cn1ncc2ccc(-c3ccc(N)c4c3CN(CC(C#N)CCl)C4=O)cc21. The van der Waals surface area contributed by atoms with Crippen LogP contribution in [0, 0.1) is 17.2 Å². The minimum atomic E-state index is -0.402. The van der Waals surface area contributed by atoms with Crippen LogP contribution in [0.2, 0.25) is 0 Å². The van der Waals surface area contributed by atoms with Crippen LogP contribution in [-0.2, 0) is 13.6 Å². The van der Waals surface area contributed by atoms with Crippen LogP contribution in [0.25, 0.3) is 22.0 Å². The Morgan fingerprint density at radius 2 is 2.19 bits per heavy atom. The fourth-order valence-corrected chi connectivity index (χ4v) is 3.79. The van der Waals surface area contributed by atoms with E-state index in [2.05, 4.69) is 17.2 Å². The normalized spacial score (nSPS) is 14.4. The molecule has 2 N–H and O–H groups in total. The number of amides is 1. The van der Waals surface area contributed by atoms with Gasteiger partial charge in [-0.05, 0) is 28.8 Å². The summed E-state index contributed by atoms with van der Waals surface area (Å²) in [5, 5.41) is 14.5. The van der Waals surface area contributed by atoms with Crippen LogP contribution in [0.1, 0.15) is 15.9 Å². The number of nitriles is 1. The first-order valence-corrected chi connectivity index (χ1v) is 9.15. The summed E-state index contributed by atoms with van der Waals surface area (Å²) in [5.41, 5.74) is 11.0. The summed E-state index contributed by atoms with van der Waals surface area (Å²) in [4.78, 5) is 14.5. The predicted molar refractivity (Wildman–Crippen MR) is 105 cm³/mol. The molecule has 1 aliphatic rings. The van der Waals surface area contributed by atoms with Crippen LogP contribution in [0.4, 0.5) is 5.69 Å². The van der Waals surface area contributed by atoms with E-state index in [0.29, 0.717) is 24.3 Å². The monoisotopic (exact) mass is 379 g/mol. The minimum absolute atomic E-state index is 0.142. The number of carbonyl (C=O) groups excluding carboxylic acids is 1. The average Bonchev–Trinajstić information content (AvgIpc) is 3.21. The molecule has 0 spiro atoms. The van der Waals surface area contributed by atoms with Gasteiger partial charge < -0.3 is 10.6 Å². The number of hydrogen-bond acceptors (Lipinski definition) is 4. The van der Waals surface area contributed by atoms with Crippen LogP contribution in [-0.4, -0.2) is 33.0 Å². The Kier molecular flexibility index (Phi) is 4.25. The number of hydrogen-bond donors (Lipinski definition) is 1. The highest BCUT2D eigenvalue weighted by molar-refractivity contribution is 6.18. The molecule has 27 heavy (non-hydrogen) atoms. The zero-order valence-electron chi connectivity index (χ0n) is 14.8. The number of halogens is 1. The number of aryl methyl sites for hydroxylation is 1. The van der Waals surface area contributed by atoms with Crippen LogP contribution < -0.4 is 5.73 Å². The van der Waals surface area contributed by atoms with Gasteiger partial charge in [-0.3, -0.25) is 9.48 Å². The second kappa shape index (κ2) is 6.60. The van der Waals surface area contributed by atoms with Crippen molar-refractivity contribution in [1.29, 1.82) is 5.26 Å². The van der Waals surface area contributed by atoms with Crippen molar-refractivity contribution in [2.75, 3.05) is 18.2 Å². The van der Waals surface area contributed by atoms with E-state index in [9.17, 15) is 10.1 Å². The van der Waals surface area contributed by atoms with Crippen molar-refractivity contribution in [3.8, 4) is 17.2 Å². The lowest BCUT2D eigenvalue weighted by Crippen LogP contribution is -2.30. The summed E-state index contributed by atoms with van der Waals surface area (Å²) < 4.78 is 1.83. The van der Waals surface area contributed by atoms with Crippen molar-refractivity contribution in [2.24, 2.45) is 13.0 Å². The maximum absolute atomic E-state index is 12.9. The summed E-state index contributed by atoms with van der Waals surface area (Å²) in [6, 6.07) is 12.0. The van der Waals surface area contributed by atoms with Gasteiger partial charge in [-0.15, -0.1) is 11.6 Å². The van der Waals surface area contributed by atoms with Gasteiger partial charge in [0.25, 0.3) is 5.91 Å². The molecule has 0 radical (unpaired) electrons. The standard InChI is InChI=1S/C20H18ClN5O/c1-25-18-6-13(2-3-14(18)9-24-25)15-4-5-17(23)19-16(15)11-26(20(19)27)10-12(7-21)8-22/h2-6,9,12H,7,10-11,23H2,1H3. The lowest BCUT2D eigenvalue weighted by Gasteiger charge is -2.17. The molecular weight excluding hydrogens is 362 g/mol. The van der Waals surface area contributed by atoms with Crippen LogP contribution >= 0.6 is 11.6 Å². The second-order valence-electron chi connectivity index (χ2n) is 6.76. The molecule has 0 bridgehead atoms. The zero-order chi connectivity index (χ0) is 19.1. The van der Waals surface area contributed by atoms with E-state index in [-0.39, 0.29) is 11.8 Å². The number of nitrogens with zero attached hydrogens (tertiary/aromatic N) is 4. The number of fused-ring (bicyclic) bond motifs is 2. The number of alkyl halides is 1. The first-order valence-electron chi connectivity index (χ1n) is 8.61. The molecule has 4 rings (SSSR count). The van der Waals surface area contributed by atoms with Crippen molar-refractivity contribution in [3.05, 3.63) is 47.7 Å². The van der Waals surface area contributed by atoms with Crippen molar-refractivity contribution in [3.63, 3.8) is 0 Å². The molecule has 1 atom stereocenters. The molecule has 1 aliphatic heterocycles. The van der Waals surface area contributed by atoms with E-state index in [1.165, 1.54) is 0 Å².